The van der Waals surface area contributed by atoms with Crippen LogP contribution in [0.5, 0.6) is 0 Å². The van der Waals surface area contributed by atoms with Crippen LogP contribution in [0.4, 0.5) is 4.39 Å². The van der Waals surface area contributed by atoms with Crippen molar-refractivity contribution in [1.82, 2.24) is 10.2 Å². The highest BCUT2D eigenvalue weighted by Crippen LogP contribution is 2.24. The van der Waals surface area contributed by atoms with Gasteiger partial charge in [-0.25, -0.2) is 4.39 Å². The van der Waals surface area contributed by atoms with Crippen LogP contribution >= 0.6 is 0 Å². The highest BCUT2D eigenvalue weighted by molar-refractivity contribution is 5.88. The molecule has 2 amide bonds. The highest BCUT2D eigenvalue weighted by Gasteiger charge is 2.29. The molecule has 3 aromatic carbocycles. The second kappa shape index (κ2) is 9.83. The van der Waals surface area contributed by atoms with Gasteiger partial charge in [0.25, 0.3) is 0 Å². The van der Waals surface area contributed by atoms with Gasteiger partial charge in [-0.2, -0.15) is 0 Å². The quantitative estimate of drug-likeness (QED) is 0.629. The molecule has 1 atom stereocenters. The van der Waals surface area contributed by atoms with E-state index >= 15 is 0 Å². The summed E-state index contributed by atoms with van der Waals surface area (Å²) >= 11 is 0. The van der Waals surface area contributed by atoms with Gasteiger partial charge >= 0.3 is 0 Å². The number of carbonyl (C=O) groups is 2. The maximum absolute atomic E-state index is 13.3. The Hall–Kier alpha value is -3.47. The molecule has 0 aromatic heterocycles. The molecule has 154 valence electrons. The Kier molecular flexibility index (Phi) is 6.96. The first kappa shape index (κ1) is 21.2. The van der Waals surface area contributed by atoms with Gasteiger partial charge in [0, 0.05) is 20.0 Å². The van der Waals surface area contributed by atoms with Gasteiger partial charge in [0.1, 0.15) is 11.9 Å². The molecule has 0 aliphatic carbocycles. The van der Waals surface area contributed by atoms with E-state index in [9.17, 15) is 14.0 Å². The fraction of sp³-hybridized carbons (Fsp3) is 0.200. The molecular weight excluding hydrogens is 379 g/mol. The van der Waals surface area contributed by atoms with E-state index in [1.54, 1.807) is 12.1 Å². The van der Waals surface area contributed by atoms with E-state index in [1.807, 2.05) is 61.5 Å². The molecule has 4 nitrogen and oxygen atoms in total. The number of hydrogen-bond acceptors (Lipinski definition) is 2. The van der Waals surface area contributed by atoms with Gasteiger partial charge in [0.15, 0.2) is 0 Å². The maximum atomic E-state index is 13.3. The second-order valence-corrected chi connectivity index (χ2v) is 7.29. The minimum Gasteiger partial charge on any atom is -0.350 e. The molecule has 0 saturated carbocycles. The first-order valence-electron chi connectivity index (χ1n) is 9.84. The summed E-state index contributed by atoms with van der Waals surface area (Å²) in [5.41, 5.74) is 3.60. The van der Waals surface area contributed by atoms with Crippen LogP contribution in [0.15, 0.2) is 78.9 Å². The van der Waals surface area contributed by atoms with E-state index in [0.29, 0.717) is 6.54 Å². The SMILES string of the molecule is CC(=O)N(Cc1ccc(F)cc1)[C@H](C(=O)NCc1ccc(C)cc1)c1ccccc1. The van der Waals surface area contributed by atoms with Crippen LogP contribution in [0.2, 0.25) is 0 Å². The molecule has 3 rings (SSSR count). The van der Waals surface area contributed by atoms with E-state index in [1.165, 1.54) is 24.0 Å². The van der Waals surface area contributed by atoms with Crippen LogP contribution in [0.1, 0.15) is 35.2 Å². The summed E-state index contributed by atoms with van der Waals surface area (Å²) in [6.45, 7) is 4.01. The number of hydrogen-bond donors (Lipinski definition) is 1. The van der Waals surface area contributed by atoms with Gasteiger partial charge in [-0.1, -0.05) is 72.3 Å². The zero-order valence-electron chi connectivity index (χ0n) is 17.1. The molecule has 30 heavy (non-hydrogen) atoms. The minimum absolute atomic E-state index is 0.202. The molecule has 1 N–H and O–H groups in total. The Morgan fingerprint density at radius 1 is 0.900 bits per heavy atom. The summed E-state index contributed by atoms with van der Waals surface area (Å²) in [5, 5.41) is 2.95. The lowest BCUT2D eigenvalue weighted by Crippen LogP contribution is -2.42. The number of halogens is 1. The third-order valence-electron chi connectivity index (χ3n) is 4.93. The Balaban J connectivity index is 1.85. The largest absolute Gasteiger partial charge is 0.350 e. The lowest BCUT2D eigenvalue weighted by molar-refractivity contribution is -0.140. The van der Waals surface area contributed by atoms with Gasteiger partial charge in [0.05, 0.1) is 0 Å². The van der Waals surface area contributed by atoms with Crippen LogP contribution in [-0.2, 0) is 22.7 Å². The number of rotatable bonds is 7. The van der Waals surface area contributed by atoms with Crippen molar-refractivity contribution < 1.29 is 14.0 Å². The fourth-order valence-corrected chi connectivity index (χ4v) is 3.27. The minimum atomic E-state index is -0.792. The molecule has 3 aromatic rings. The molecule has 0 aliphatic rings. The van der Waals surface area contributed by atoms with Crippen molar-refractivity contribution >= 4 is 11.8 Å². The fourth-order valence-electron chi connectivity index (χ4n) is 3.27. The summed E-state index contributed by atoms with van der Waals surface area (Å²) in [7, 11) is 0. The van der Waals surface area contributed by atoms with Crippen molar-refractivity contribution in [2.24, 2.45) is 0 Å². The first-order valence-corrected chi connectivity index (χ1v) is 9.84. The van der Waals surface area contributed by atoms with E-state index < -0.39 is 6.04 Å². The van der Waals surface area contributed by atoms with Crippen molar-refractivity contribution in [2.45, 2.75) is 33.0 Å². The van der Waals surface area contributed by atoms with Crippen molar-refractivity contribution in [2.75, 3.05) is 0 Å². The smallest absolute Gasteiger partial charge is 0.247 e. The molecule has 5 heteroatoms. The zero-order chi connectivity index (χ0) is 21.5. The van der Waals surface area contributed by atoms with Crippen LogP contribution in [0.3, 0.4) is 0 Å². The van der Waals surface area contributed by atoms with Gasteiger partial charge in [0.2, 0.25) is 11.8 Å². The van der Waals surface area contributed by atoms with Gasteiger partial charge in [-0.05, 0) is 35.7 Å². The predicted molar refractivity (Wildman–Crippen MR) is 115 cm³/mol. The Morgan fingerprint density at radius 3 is 2.10 bits per heavy atom. The lowest BCUT2D eigenvalue weighted by Gasteiger charge is -2.30. The topological polar surface area (TPSA) is 49.4 Å². The van der Waals surface area contributed by atoms with Gasteiger partial charge in [-0.15, -0.1) is 0 Å². The molecule has 0 radical (unpaired) electrons. The average molecular weight is 404 g/mol. The van der Waals surface area contributed by atoms with E-state index in [-0.39, 0.29) is 24.2 Å². The average Bonchev–Trinajstić information content (AvgIpc) is 2.75. The lowest BCUT2D eigenvalue weighted by atomic mass is 10.0. The van der Waals surface area contributed by atoms with Crippen LogP contribution in [-0.4, -0.2) is 16.7 Å². The van der Waals surface area contributed by atoms with E-state index in [4.69, 9.17) is 0 Å². The van der Waals surface area contributed by atoms with Gasteiger partial charge in [-0.3, -0.25) is 9.59 Å². The summed E-state index contributed by atoms with van der Waals surface area (Å²) in [5.74, 6) is -0.846. The molecule has 0 unspecified atom stereocenters. The monoisotopic (exact) mass is 404 g/mol. The van der Waals surface area contributed by atoms with Gasteiger partial charge < -0.3 is 10.2 Å². The van der Waals surface area contributed by atoms with E-state index in [2.05, 4.69) is 5.32 Å². The number of carbonyl (C=O) groups excluding carboxylic acids is 2. The van der Waals surface area contributed by atoms with Crippen molar-refractivity contribution in [3.05, 3.63) is 107 Å². The van der Waals surface area contributed by atoms with Crippen molar-refractivity contribution in [3.8, 4) is 0 Å². The number of nitrogens with zero attached hydrogens (tertiary/aromatic N) is 1. The summed E-state index contributed by atoms with van der Waals surface area (Å²) < 4.78 is 13.3. The summed E-state index contributed by atoms with van der Waals surface area (Å²) in [6.07, 6.45) is 0. The molecule has 0 heterocycles. The van der Waals surface area contributed by atoms with Crippen LogP contribution in [0.25, 0.3) is 0 Å². The number of benzene rings is 3. The molecule has 0 bridgehead atoms. The molecule has 0 fully saturated rings. The number of aryl methyl sites for hydroxylation is 1. The van der Waals surface area contributed by atoms with E-state index in [0.717, 1.165) is 22.3 Å². The van der Waals surface area contributed by atoms with Crippen molar-refractivity contribution in [3.63, 3.8) is 0 Å². The second-order valence-electron chi connectivity index (χ2n) is 7.29. The summed E-state index contributed by atoms with van der Waals surface area (Å²) in [4.78, 5) is 27.2. The molecular formula is C25H25FN2O2. The van der Waals surface area contributed by atoms with Crippen LogP contribution < -0.4 is 5.32 Å². The summed E-state index contributed by atoms with van der Waals surface area (Å²) in [6, 6.07) is 22.3. The Labute approximate surface area is 176 Å². The Morgan fingerprint density at radius 2 is 1.50 bits per heavy atom. The standard InChI is InChI=1S/C25H25FN2O2/c1-18-8-10-20(11-9-18)16-27-25(30)24(22-6-4-3-5-7-22)28(19(2)29)17-21-12-14-23(26)15-13-21/h3-15,24H,16-17H2,1-2H3,(H,27,30)/t24-/m0/s1. The zero-order valence-corrected chi connectivity index (χ0v) is 17.1. The third kappa shape index (κ3) is 5.54. The molecule has 0 saturated heterocycles. The number of nitrogens with one attached hydrogen (secondary N) is 1. The maximum Gasteiger partial charge on any atom is 0.247 e. The van der Waals surface area contributed by atoms with Crippen molar-refractivity contribution in [1.29, 1.82) is 0 Å². The molecule has 0 spiro atoms. The van der Waals surface area contributed by atoms with Crippen LogP contribution in [0, 0.1) is 12.7 Å². The highest BCUT2D eigenvalue weighted by atomic mass is 19.1. The number of amides is 2. The molecule has 0 aliphatic heterocycles. The Bertz CT molecular complexity index is 986. The predicted octanol–water partition coefficient (Wildman–Crippen LogP) is 4.54. The first-order chi connectivity index (χ1) is 14.4. The normalized spacial score (nSPS) is 11.6. The third-order valence-corrected chi connectivity index (χ3v) is 4.93.